The van der Waals surface area contributed by atoms with E-state index in [1.54, 1.807) is 0 Å². The van der Waals surface area contributed by atoms with Crippen LogP contribution in [0.2, 0.25) is 0 Å². The van der Waals surface area contributed by atoms with E-state index in [4.69, 9.17) is 5.11 Å². The van der Waals surface area contributed by atoms with Gasteiger partial charge in [-0.2, -0.15) is 0 Å². The van der Waals surface area contributed by atoms with Crippen LogP contribution in [0.1, 0.15) is 33.7 Å². The van der Waals surface area contributed by atoms with Crippen molar-refractivity contribution in [2.75, 3.05) is 0 Å². The van der Waals surface area contributed by atoms with E-state index in [9.17, 15) is 4.79 Å². The van der Waals surface area contributed by atoms with Gasteiger partial charge in [0.25, 0.3) is 0 Å². The molecule has 1 aromatic heterocycles. The SMILES string of the molecule is CCCc1nc(C)sc1C(=O)O. The third-order valence-corrected chi connectivity index (χ3v) is 2.49. The molecule has 1 N–H and O–H groups in total. The Morgan fingerprint density at radius 3 is 2.83 bits per heavy atom. The number of aromatic carboxylic acids is 1. The number of carboxylic acid groups (broad SMARTS) is 1. The molecular weight excluding hydrogens is 174 g/mol. The average Bonchev–Trinajstić information content (AvgIpc) is 2.32. The molecule has 1 aromatic rings. The number of nitrogens with zero attached hydrogens (tertiary/aromatic N) is 1. The summed E-state index contributed by atoms with van der Waals surface area (Å²) in [6.45, 7) is 3.84. The Morgan fingerprint density at radius 2 is 2.33 bits per heavy atom. The first-order chi connectivity index (χ1) is 5.65. The summed E-state index contributed by atoms with van der Waals surface area (Å²) in [5.41, 5.74) is 0.729. The maximum atomic E-state index is 10.7. The molecule has 4 heteroatoms. The highest BCUT2D eigenvalue weighted by molar-refractivity contribution is 7.13. The molecule has 12 heavy (non-hydrogen) atoms. The Kier molecular flexibility index (Phi) is 2.81. The highest BCUT2D eigenvalue weighted by Crippen LogP contribution is 2.18. The van der Waals surface area contributed by atoms with Gasteiger partial charge in [-0.3, -0.25) is 0 Å². The summed E-state index contributed by atoms with van der Waals surface area (Å²) >= 11 is 1.25. The van der Waals surface area contributed by atoms with Crippen LogP contribution in [0.25, 0.3) is 0 Å². The topological polar surface area (TPSA) is 50.2 Å². The molecule has 0 radical (unpaired) electrons. The van der Waals surface area contributed by atoms with E-state index < -0.39 is 5.97 Å². The molecule has 0 fully saturated rings. The van der Waals surface area contributed by atoms with Crippen LogP contribution in [-0.4, -0.2) is 16.1 Å². The fourth-order valence-electron chi connectivity index (χ4n) is 1.04. The third kappa shape index (κ3) is 1.82. The largest absolute Gasteiger partial charge is 0.477 e. The van der Waals surface area contributed by atoms with Gasteiger partial charge in [-0.05, 0) is 13.3 Å². The number of aryl methyl sites for hydroxylation is 2. The fraction of sp³-hybridized carbons (Fsp3) is 0.500. The van der Waals surface area contributed by atoms with Gasteiger partial charge >= 0.3 is 5.97 Å². The second-order valence-electron chi connectivity index (χ2n) is 2.56. The zero-order valence-electron chi connectivity index (χ0n) is 7.13. The lowest BCUT2D eigenvalue weighted by Gasteiger charge is -1.92. The van der Waals surface area contributed by atoms with E-state index in [0.29, 0.717) is 4.88 Å². The van der Waals surface area contributed by atoms with Crippen LogP contribution in [0.5, 0.6) is 0 Å². The molecule has 3 nitrogen and oxygen atoms in total. The van der Waals surface area contributed by atoms with Gasteiger partial charge in [-0.25, -0.2) is 9.78 Å². The number of hydrogen-bond acceptors (Lipinski definition) is 3. The van der Waals surface area contributed by atoms with Crippen molar-refractivity contribution in [3.63, 3.8) is 0 Å². The van der Waals surface area contributed by atoms with Gasteiger partial charge in [0.1, 0.15) is 4.88 Å². The van der Waals surface area contributed by atoms with Crippen molar-refractivity contribution in [3.8, 4) is 0 Å². The van der Waals surface area contributed by atoms with Crippen LogP contribution in [0, 0.1) is 6.92 Å². The van der Waals surface area contributed by atoms with Crippen molar-refractivity contribution in [2.24, 2.45) is 0 Å². The highest BCUT2D eigenvalue weighted by atomic mass is 32.1. The van der Waals surface area contributed by atoms with Gasteiger partial charge in [0.05, 0.1) is 10.7 Å². The minimum absolute atomic E-state index is 0.398. The first-order valence-electron chi connectivity index (χ1n) is 3.84. The standard InChI is InChI=1S/C8H11NO2S/c1-3-4-6-7(8(10)11)12-5(2)9-6/h3-4H2,1-2H3,(H,10,11). The van der Waals surface area contributed by atoms with Gasteiger partial charge in [0.15, 0.2) is 0 Å². The molecule has 66 valence electrons. The predicted octanol–water partition coefficient (Wildman–Crippen LogP) is 2.10. The number of carbonyl (C=O) groups is 1. The second-order valence-corrected chi connectivity index (χ2v) is 3.77. The zero-order valence-corrected chi connectivity index (χ0v) is 7.94. The van der Waals surface area contributed by atoms with Crippen molar-refractivity contribution in [2.45, 2.75) is 26.7 Å². The summed E-state index contributed by atoms with van der Waals surface area (Å²) in [5.74, 6) is -0.857. The highest BCUT2D eigenvalue weighted by Gasteiger charge is 2.14. The maximum absolute atomic E-state index is 10.7. The van der Waals surface area contributed by atoms with E-state index in [1.807, 2.05) is 13.8 Å². The van der Waals surface area contributed by atoms with Gasteiger partial charge in [-0.15, -0.1) is 11.3 Å². The molecule has 0 bridgehead atoms. The van der Waals surface area contributed by atoms with Crippen LogP contribution in [0.4, 0.5) is 0 Å². The molecule has 0 aliphatic rings. The van der Waals surface area contributed by atoms with Gasteiger partial charge < -0.3 is 5.11 Å². The minimum atomic E-state index is -0.857. The van der Waals surface area contributed by atoms with Gasteiger partial charge in [-0.1, -0.05) is 13.3 Å². The van der Waals surface area contributed by atoms with Crippen LogP contribution in [0.15, 0.2) is 0 Å². The first-order valence-corrected chi connectivity index (χ1v) is 4.66. The number of hydrogen-bond donors (Lipinski definition) is 1. The molecule has 1 heterocycles. The first kappa shape index (κ1) is 9.19. The van der Waals surface area contributed by atoms with Crippen molar-refractivity contribution in [3.05, 3.63) is 15.6 Å². The van der Waals surface area contributed by atoms with Crippen LogP contribution >= 0.6 is 11.3 Å². The Balaban J connectivity index is 2.99. The lowest BCUT2D eigenvalue weighted by Crippen LogP contribution is -1.98. The molecule has 0 aliphatic heterocycles. The van der Waals surface area contributed by atoms with Crippen LogP contribution in [-0.2, 0) is 6.42 Å². The number of rotatable bonds is 3. The molecule has 0 saturated carbocycles. The molecule has 0 spiro atoms. The summed E-state index contributed by atoms with van der Waals surface area (Å²) in [7, 11) is 0. The van der Waals surface area contributed by atoms with E-state index in [2.05, 4.69) is 4.98 Å². The number of aromatic nitrogens is 1. The van der Waals surface area contributed by atoms with E-state index >= 15 is 0 Å². The van der Waals surface area contributed by atoms with Gasteiger partial charge in [0.2, 0.25) is 0 Å². The summed E-state index contributed by atoms with van der Waals surface area (Å²) in [6, 6.07) is 0. The van der Waals surface area contributed by atoms with E-state index in [-0.39, 0.29) is 0 Å². The molecule has 0 aromatic carbocycles. The normalized spacial score (nSPS) is 10.2. The third-order valence-electron chi connectivity index (χ3n) is 1.49. The van der Waals surface area contributed by atoms with E-state index in [1.165, 1.54) is 11.3 Å². The van der Waals surface area contributed by atoms with Crippen LogP contribution < -0.4 is 0 Å². The Morgan fingerprint density at radius 1 is 1.67 bits per heavy atom. The lowest BCUT2D eigenvalue weighted by molar-refractivity contribution is 0.0700. The Labute approximate surface area is 75.1 Å². The Bertz CT molecular complexity index is 293. The molecule has 1 rings (SSSR count). The average molecular weight is 185 g/mol. The summed E-state index contributed by atoms with van der Waals surface area (Å²) in [4.78, 5) is 15.2. The van der Waals surface area contributed by atoms with Crippen molar-refractivity contribution in [1.82, 2.24) is 4.98 Å². The molecule has 0 aliphatic carbocycles. The molecule has 0 atom stereocenters. The van der Waals surface area contributed by atoms with E-state index in [0.717, 1.165) is 23.5 Å². The van der Waals surface area contributed by atoms with Crippen molar-refractivity contribution >= 4 is 17.3 Å². The Hall–Kier alpha value is -0.900. The van der Waals surface area contributed by atoms with Crippen molar-refractivity contribution < 1.29 is 9.90 Å². The summed E-state index contributed by atoms with van der Waals surface area (Å²) in [5, 5.41) is 9.61. The molecule has 0 saturated heterocycles. The zero-order chi connectivity index (χ0) is 9.14. The minimum Gasteiger partial charge on any atom is -0.477 e. The number of thiazole rings is 1. The summed E-state index contributed by atoms with van der Waals surface area (Å²) in [6.07, 6.45) is 1.69. The number of carboxylic acids is 1. The fourth-order valence-corrected chi connectivity index (χ4v) is 1.85. The monoisotopic (exact) mass is 185 g/mol. The molecular formula is C8H11NO2S. The summed E-state index contributed by atoms with van der Waals surface area (Å²) < 4.78 is 0. The lowest BCUT2D eigenvalue weighted by atomic mass is 10.2. The maximum Gasteiger partial charge on any atom is 0.347 e. The molecule has 0 amide bonds. The van der Waals surface area contributed by atoms with Crippen LogP contribution in [0.3, 0.4) is 0 Å². The second kappa shape index (κ2) is 3.67. The predicted molar refractivity (Wildman–Crippen MR) is 47.8 cm³/mol. The van der Waals surface area contributed by atoms with Gasteiger partial charge in [0, 0.05) is 0 Å². The smallest absolute Gasteiger partial charge is 0.347 e. The van der Waals surface area contributed by atoms with Crippen molar-refractivity contribution in [1.29, 1.82) is 0 Å². The molecule has 0 unspecified atom stereocenters. The quantitative estimate of drug-likeness (QED) is 0.784.